The van der Waals surface area contributed by atoms with Crippen molar-refractivity contribution in [3.8, 4) is 0 Å². The monoisotopic (exact) mass is 348 g/mol. The van der Waals surface area contributed by atoms with Crippen molar-refractivity contribution < 1.29 is 18.6 Å². The molecule has 1 heterocycles. The highest BCUT2D eigenvalue weighted by molar-refractivity contribution is 9.10. The molecule has 0 amide bonds. The molecule has 1 aromatic carbocycles. The van der Waals surface area contributed by atoms with Gasteiger partial charge in [0.15, 0.2) is 9.84 Å². The third kappa shape index (κ3) is 2.86. The minimum Gasteiger partial charge on any atom is -0.395 e. The second kappa shape index (κ2) is 5.52. The van der Waals surface area contributed by atoms with Crippen molar-refractivity contribution in [1.82, 2.24) is 0 Å². The molecule has 1 atom stereocenters. The zero-order valence-corrected chi connectivity index (χ0v) is 12.8. The topological polar surface area (TPSA) is 74.6 Å². The van der Waals surface area contributed by atoms with E-state index in [2.05, 4.69) is 15.9 Å². The molecule has 1 saturated heterocycles. The zero-order valence-electron chi connectivity index (χ0n) is 10.4. The smallest absolute Gasteiger partial charge is 0.150 e. The van der Waals surface area contributed by atoms with Crippen molar-refractivity contribution >= 4 is 25.8 Å². The molecular weight excluding hydrogens is 332 g/mol. The largest absolute Gasteiger partial charge is 0.395 e. The fourth-order valence-corrected chi connectivity index (χ4v) is 4.91. The van der Waals surface area contributed by atoms with Gasteiger partial charge in [0.1, 0.15) is 0 Å². The Balaban J connectivity index is 2.40. The van der Waals surface area contributed by atoms with E-state index in [9.17, 15) is 18.6 Å². The third-order valence-electron chi connectivity index (χ3n) is 4.00. The van der Waals surface area contributed by atoms with Gasteiger partial charge in [0.2, 0.25) is 0 Å². The molecule has 0 bridgehead atoms. The first-order valence-corrected chi connectivity index (χ1v) is 8.73. The fraction of sp³-hybridized carbons (Fsp3) is 0.538. The average Bonchev–Trinajstić information content (AvgIpc) is 2.74. The summed E-state index contributed by atoms with van der Waals surface area (Å²) in [6.45, 7) is -0.517. The van der Waals surface area contributed by atoms with E-state index in [1.807, 2.05) is 24.3 Å². The Labute approximate surface area is 121 Å². The lowest BCUT2D eigenvalue weighted by atomic mass is 9.71. The second-order valence-corrected chi connectivity index (χ2v) is 8.22. The summed E-state index contributed by atoms with van der Waals surface area (Å²) >= 11 is 3.34. The Morgan fingerprint density at radius 2 is 1.79 bits per heavy atom. The molecule has 1 fully saturated rings. The van der Waals surface area contributed by atoms with Crippen LogP contribution in [0.4, 0.5) is 0 Å². The molecule has 1 aliphatic heterocycles. The van der Waals surface area contributed by atoms with Crippen molar-refractivity contribution in [2.75, 3.05) is 24.7 Å². The number of halogens is 1. The lowest BCUT2D eigenvalue weighted by Crippen LogP contribution is -2.43. The predicted octanol–water partition coefficient (Wildman–Crippen LogP) is 1.11. The SMILES string of the molecule is O=S1(=O)CCC(C(CO)(CO)c2ccc(Br)cc2)C1. The van der Waals surface area contributed by atoms with E-state index >= 15 is 0 Å². The van der Waals surface area contributed by atoms with Crippen LogP contribution in [0.1, 0.15) is 12.0 Å². The number of hydrogen-bond donors (Lipinski definition) is 2. The van der Waals surface area contributed by atoms with Crippen LogP contribution in [0.5, 0.6) is 0 Å². The van der Waals surface area contributed by atoms with E-state index in [-0.39, 0.29) is 30.6 Å². The molecular formula is C13H17BrO4S. The van der Waals surface area contributed by atoms with Crippen molar-refractivity contribution in [1.29, 1.82) is 0 Å². The maximum atomic E-state index is 11.6. The van der Waals surface area contributed by atoms with E-state index in [0.717, 1.165) is 10.0 Å². The summed E-state index contributed by atoms with van der Waals surface area (Å²) in [6.07, 6.45) is 0.486. The van der Waals surface area contributed by atoms with E-state index in [0.29, 0.717) is 6.42 Å². The van der Waals surface area contributed by atoms with Gasteiger partial charge in [0.05, 0.1) is 24.7 Å². The van der Waals surface area contributed by atoms with Gasteiger partial charge in [-0.15, -0.1) is 0 Å². The predicted molar refractivity (Wildman–Crippen MR) is 76.8 cm³/mol. The van der Waals surface area contributed by atoms with Gasteiger partial charge in [-0.05, 0) is 30.0 Å². The maximum Gasteiger partial charge on any atom is 0.150 e. The van der Waals surface area contributed by atoms with Crippen molar-refractivity contribution in [2.45, 2.75) is 11.8 Å². The minimum atomic E-state index is -3.05. The highest BCUT2D eigenvalue weighted by Crippen LogP contribution is 2.39. The van der Waals surface area contributed by atoms with Crippen LogP contribution in [-0.4, -0.2) is 43.4 Å². The normalized spacial score (nSPS) is 22.6. The summed E-state index contributed by atoms with van der Waals surface area (Å²) in [6, 6.07) is 7.31. The van der Waals surface area contributed by atoms with E-state index in [4.69, 9.17) is 0 Å². The van der Waals surface area contributed by atoms with Crippen LogP contribution in [-0.2, 0) is 15.3 Å². The fourth-order valence-electron chi connectivity index (χ4n) is 2.74. The minimum absolute atomic E-state index is 0.0319. The lowest BCUT2D eigenvalue weighted by molar-refractivity contribution is 0.0774. The summed E-state index contributed by atoms with van der Waals surface area (Å²) in [5.74, 6) is -0.0752. The Bertz CT molecular complexity index is 534. The molecule has 1 unspecified atom stereocenters. The molecule has 19 heavy (non-hydrogen) atoms. The van der Waals surface area contributed by atoms with Crippen LogP contribution >= 0.6 is 15.9 Å². The van der Waals surface area contributed by atoms with E-state index in [1.165, 1.54) is 0 Å². The van der Waals surface area contributed by atoms with Crippen LogP contribution < -0.4 is 0 Å². The Morgan fingerprint density at radius 1 is 1.21 bits per heavy atom. The summed E-state index contributed by atoms with van der Waals surface area (Å²) in [5.41, 5.74) is -0.104. The van der Waals surface area contributed by atoms with Crippen LogP contribution in [0.15, 0.2) is 28.7 Å². The second-order valence-electron chi connectivity index (χ2n) is 5.08. The van der Waals surface area contributed by atoms with Gasteiger partial charge in [-0.2, -0.15) is 0 Å². The van der Waals surface area contributed by atoms with E-state index in [1.54, 1.807) is 0 Å². The quantitative estimate of drug-likeness (QED) is 0.854. The molecule has 4 nitrogen and oxygen atoms in total. The first kappa shape index (κ1) is 15.0. The van der Waals surface area contributed by atoms with Crippen LogP contribution in [0.3, 0.4) is 0 Å². The van der Waals surface area contributed by atoms with Crippen molar-refractivity contribution in [3.05, 3.63) is 34.3 Å². The number of benzene rings is 1. The molecule has 0 saturated carbocycles. The molecule has 0 aromatic heterocycles. The first-order chi connectivity index (χ1) is 8.93. The summed E-state index contributed by atoms with van der Waals surface area (Å²) < 4.78 is 24.2. The van der Waals surface area contributed by atoms with Gasteiger partial charge in [-0.1, -0.05) is 28.1 Å². The summed E-state index contributed by atoms with van der Waals surface area (Å²) in [4.78, 5) is 0. The number of rotatable bonds is 4. The van der Waals surface area contributed by atoms with Gasteiger partial charge in [0, 0.05) is 9.89 Å². The van der Waals surface area contributed by atoms with E-state index < -0.39 is 15.3 Å². The van der Waals surface area contributed by atoms with Gasteiger partial charge in [-0.25, -0.2) is 8.42 Å². The highest BCUT2D eigenvalue weighted by atomic mass is 79.9. The number of aliphatic hydroxyl groups is 2. The summed E-state index contributed by atoms with van der Waals surface area (Å²) in [5, 5.41) is 19.5. The zero-order chi connectivity index (χ0) is 14.1. The standard InChI is InChI=1S/C13H17BrO4S/c14-12-3-1-10(2-4-12)13(8-15,9-16)11-5-6-19(17,18)7-11/h1-4,11,15-16H,5-9H2. The molecule has 6 heteroatoms. The van der Waals surface area contributed by atoms with Gasteiger partial charge in [0.25, 0.3) is 0 Å². The first-order valence-electron chi connectivity index (χ1n) is 6.12. The number of hydrogen-bond acceptors (Lipinski definition) is 4. The van der Waals surface area contributed by atoms with Gasteiger partial charge >= 0.3 is 0 Å². The molecule has 2 rings (SSSR count). The van der Waals surface area contributed by atoms with Gasteiger partial charge in [-0.3, -0.25) is 0 Å². The maximum absolute atomic E-state index is 11.6. The molecule has 106 valence electrons. The summed E-state index contributed by atoms with van der Waals surface area (Å²) in [7, 11) is -3.05. The molecule has 0 aliphatic carbocycles. The molecule has 0 spiro atoms. The van der Waals surface area contributed by atoms with Crippen LogP contribution in [0.25, 0.3) is 0 Å². The Kier molecular flexibility index (Phi) is 4.35. The number of aliphatic hydroxyl groups excluding tert-OH is 2. The van der Waals surface area contributed by atoms with Crippen LogP contribution in [0.2, 0.25) is 0 Å². The molecule has 2 N–H and O–H groups in total. The Hall–Kier alpha value is -0.430. The van der Waals surface area contributed by atoms with Crippen LogP contribution in [0, 0.1) is 5.92 Å². The molecule has 1 aliphatic rings. The number of sulfone groups is 1. The average molecular weight is 349 g/mol. The molecule has 1 aromatic rings. The Morgan fingerprint density at radius 3 is 2.21 bits per heavy atom. The lowest BCUT2D eigenvalue weighted by Gasteiger charge is -2.35. The van der Waals surface area contributed by atoms with Gasteiger partial charge < -0.3 is 10.2 Å². The van der Waals surface area contributed by atoms with Crippen molar-refractivity contribution in [2.24, 2.45) is 5.92 Å². The van der Waals surface area contributed by atoms with Crippen molar-refractivity contribution in [3.63, 3.8) is 0 Å². The third-order valence-corrected chi connectivity index (χ3v) is 6.29. The highest BCUT2D eigenvalue weighted by Gasteiger charge is 2.45. The molecule has 0 radical (unpaired) electrons.